The van der Waals surface area contributed by atoms with Crippen molar-refractivity contribution in [2.75, 3.05) is 12.4 Å². The average Bonchev–Trinajstić information content (AvgIpc) is 2.17. The summed E-state index contributed by atoms with van der Waals surface area (Å²) in [5.74, 6) is 1.07. The lowest BCUT2D eigenvalue weighted by atomic mass is 10.0. The van der Waals surface area contributed by atoms with Crippen LogP contribution in [-0.4, -0.2) is 13.0 Å². The van der Waals surface area contributed by atoms with Crippen molar-refractivity contribution >= 4 is 23.2 Å². The van der Waals surface area contributed by atoms with E-state index < -0.39 is 0 Å². The molecule has 0 saturated heterocycles. The molecule has 0 bridgehead atoms. The molecule has 1 amide bonds. The molecular formula is C12H16ClNO2. The fourth-order valence-corrected chi connectivity index (χ4v) is 2.14. The molecule has 1 aromatic carbocycles. The lowest BCUT2D eigenvalue weighted by Crippen LogP contribution is -2.09. The molecule has 0 heterocycles. The van der Waals surface area contributed by atoms with Crippen LogP contribution in [0.15, 0.2) is 6.07 Å². The number of benzene rings is 1. The van der Waals surface area contributed by atoms with Gasteiger partial charge in [-0.3, -0.25) is 4.79 Å². The summed E-state index contributed by atoms with van der Waals surface area (Å²) in [7, 11) is 1.63. The lowest BCUT2D eigenvalue weighted by molar-refractivity contribution is -0.114. The fraction of sp³-hybridized carbons (Fsp3) is 0.417. The van der Waals surface area contributed by atoms with Crippen LogP contribution in [0.1, 0.15) is 23.6 Å². The molecule has 88 valence electrons. The Balaban J connectivity index is 3.34. The molecule has 0 fully saturated rings. The van der Waals surface area contributed by atoms with Crippen LogP contribution in [0.25, 0.3) is 0 Å². The SMILES string of the molecule is COc1c(C)cc(NC(C)=O)c(CCl)c1C. The zero-order chi connectivity index (χ0) is 12.3. The number of amides is 1. The van der Waals surface area contributed by atoms with Gasteiger partial charge in [0.2, 0.25) is 5.91 Å². The van der Waals surface area contributed by atoms with E-state index in [0.29, 0.717) is 5.88 Å². The molecule has 4 heteroatoms. The minimum absolute atomic E-state index is 0.102. The van der Waals surface area contributed by atoms with Gasteiger partial charge in [0.1, 0.15) is 5.75 Å². The van der Waals surface area contributed by atoms with Crippen molar-refractivity contribution in [1.82, 2.24) is 0 Å². The highest BCUT2D eigenvalue weighted by Crippen LogP contribution is 2.33. The van der Waals surface area contributed by atoms with E-state index in [-0.39, 0.29) is 5.91 Å². The van der Waals surface area contributed by atoms with Gasteiger partial charge in [0.25, 0.3) is 0 Å². The monoisotopic (exact) mass is 241 g/mol. The summed E-state index contributed by atoms with van der Waals surface area (Å²) in [5.41, 5.74) is 3.62. The van der Waals surface area contributed by atoms with E-state index in [1.807, 2.05) is 19.9 Å². The first-order valence-electron chi connectivity index (χ1n) is 5.01. The summed E-state index contributed by atoms with van der Waals surface area (Å²) < 4.78 is 5.31. The number of anilines is 1. The minimum Gasteiger partial charge on any atom is -0.496 e. The molecule has 0 atom stereocenters. The maximum absolute atomic E-state index is 11.1. The van der Waals surface area contributed by atoms with Crippen LogP contribution < -0.4 is 10.1 Å². The maximum Gasteiger partial charge on any atom is 0.221 e. The number of carbonyl (C=O) groups is 1. The first kappa shape index (κ1) is 12.8. The first-order chi connectivity index (χ1) is 7.51. The Morgan fingerprint density at radius 3 is 2.56 bits per heavy atom. The third-order valence-corrected chi connectivity index (χ3v) is 2.75. The molecule has 0 aromatic heterocycles. The van der Waals surface area contributed by atoms with Crippen LogP contribution in [0.5, 0.6) is 5.75 Å². The highest BCUT2D eigenvalue weighted by molar-refractivity contribution is 6.17. The van der Waals surface area contributed by atoms with Crippen LogP contribution in [0.3, 0.4) is 0 Å². The zero-order valence-corrected chi connectivity index (χ0v) is 10.7. The molecule has 0 saturated carbocycles. The molecule has 0 aliphatic heterocycles. The molecule has 0 aliphatic carbocycles. The van der Waals surface area contributed by atoms with Gasteiger partial charge in [-0.2, -0.15) is 0 Å². The van der Waals surface area contributed by atoms with E-state index in [4.69, 9.17) is 16.3 Å². The summed E-state index contributed by atoms with van der Waals surface area (Å²) in [6.07, 6.45) is 0. The number of halogens is 1. The summed E-state index contributed by atoms with van der Waals surface area (Å²) >= 11 is 5.90. The van der Waals surface area contributed by atoms with Gasteiger partial charge < -0.3 is 10.1 Å². The molecule has 0 unspecified atom stereocenters. The second-order valence-corrected chi connectivity index (χ2v) is 3.96. The second-order valence-electron chi connectivity index (χ2n) is 3.69. The lowest BCUT2D eigenvalue weighted by Gasteiger charge is -2.16. The Kier molecular flexibility index (Phi) is 4.19. The van der Waals surface area contributed by atoms with Gasteiger partial charge in [-0.25, -0.2) is 0 Å². The number of alkyl halides is 1. The summed E-state index contributed by atoms with van der Waals surface area (Å²) in [6.45, 7) is 5.36. The van der Waals surface area contributed by atoms with Crippen LogP contribution in [-0.2, 0) is 10.7 Å². The Bertz CT molecular complexity index is 416. The molecular weight excluding hydrogens is 226 g/mol. The number of hydrogen-bond donors (Lipinski definition) is 1. The number of aryl methyl sites for hydroxylation is 1. The van der Waals surface area contributed by atoms with Gasteiger partial charge in [0.15, 0.2) is 0 Å². The summed E-state index contributed by atoms with van der Waals surface area (Å²) in [4.78, 5) is 11.1. The number of methoxy groups -OCH3 is 1. The Morgan fingerprint density at radius 2 is 2.12 bits per heavy atom. The van der Waals surface area contributed by atoms with E-state index in [1.54, 1.807) is 7.11 Å². The zero-order valence-electron chi connectivity index (χ0n) is 9.98. The molecule has 0 spiro atoms. The van der Waals surface area contributed by atoms with Crippen molar-refractivity contribution < 1.29 is 9.53 Å². The van der Waals surface area contributed by atoms with E-state index >= 15 is 0 Å². The molecule has 0 radical (unpaired) electrons. The summed E-state index contributed by atoms with van der Waals surface area (Å²) in [6, 6.07) is 1.88. The van der Waals surface area contributed by atoms with Crippen LogP contribution in [0.4, 0.5) is 5.69 Å². The van der Waals surface area contributed by atoms with Crippen LogP contribution in [0.2, 0.25) is 0 Å². The standard InChI is InChI=1S/C12H16ClNO2/c1-7-5-11(14-9(3)15)10(6-13)8(2)12(7)16-4/h5H,6H2,1-4H3,(H,14,15). The highest BCUT2D eigenvalue weighted by atomic mass is 35.5. The van der Waals surface area contributed by atoms with Crippen LogP contribution >= 0.6 is 11.6 Å². The minimum atomic E-state index is -0.102. The second kappa shape index (κ2) is 5.21. The van der Waals surface area contributed by atoms with Crippen molar-refractivity contribution in [2.45, 2.75) is 26.7 Å². The van der Waals surface area contributed by atoms with Gasteiger partial charge in [0.05, 0.1) is 7.11 Å². The Labute approximate surface area is 101 Å². The number of nitrogens with one attached hydrogen (secondary N) is 1. The number of rotatable bonds is 3. The van der Waals surface area contributed by atoms with Gasteiger partial charge in [0, 0.05) is 18.5 Å². The first-order valence-corrected chi connectivity index (χ1v) is 5.55. The molecule has 1 aromatic rings. The largest absolute Gasteiger partial charge is 0.496 e. The molecule has 1 rings (SSSR count). The Morgan fingerprint density at radius 1 is 1.50 bits per heavy atom. The quantitative estimate of drug-likeness (QED) is 0.827. The average molecular weight is 242 g/mol. The normalized spacial score (nSPS) is 10.1. The predicted octanol–water partition coefficient (Wildman–Crippen LogP) is 3.01. The number of ether oxygens (including phenoxy) is 1. The molecule has 16 heavy (non-hydrogen) atoms. The molecule has 1 N–H and O–H groups in total. The van der Waals surface area contributed by atoms with Crippen molar-refractivity contribution in [3.8, 4) is 5.75 Å². The topological polar surface area (TPSA) is 38.3 Å². The van der Waals surface area contributed by atoms with Gasteiger partial charge in [-0.05, 0) is 36.6 Å². The van der Waals surface area contributed by atoms with Gasteiger partial charge in [-0.15, -0.1) is 11.6 Å². The predicted molar refractivity (Wildman–Crippen MR) is 66.3 cm³/mol. The molecule has 3 nitrogen and oxygen atoms in total. The smallest absolute Gasteiger partial charge is 0.221 e. The Hall–Kier alpha value is -1.22. The van der Waals surface area contributed by atoms with Gasteiger partial charge >= 0.3 is 0 Å². The van der Waals surface area contributed by atoms with Crippen LogP contribution in [0, 0.1) is 13.8 Å². The van der Waals surface area contributed by atoms with E-state index in [9.17, 15) is 4.79 Å². The van der Waals surface area contributed by atoms with Crippen molar-refractivity contribution in [2.24, 2.45) is 0 Å². The van der Waals surface area contributed by atoms with Crippen molar-refractivity contribution in [3.63, 3.8) is 0 Å². The van der Waals surface area contributed by atoms with Gasteiger partial charge in [-0.1, -0.05) is 0 Å². The number of carbonyl (C=O) groups excluding carboxylic acids is 1. The summed E-state index contributed by atoms with van der Waals surface area (Å²) in [5, 5.41) is 2.78. The fourth-order valence-electron chi connectivity index (χ4n) is 1.79. The van der Waals surface area contributed by atoms with Crippen molar-refractivity contribution in [1.29, 1.82) is 0 Å². The van der Waals surface area contributed by atoms with E-state index in [1.165, 1.54) is 6.92 Å². The van der Waals surface area contributed by atoms with E-state index in [0.717, 1.165) is 28.1 Å². The maximum atomic E-state index is 11.1. The third kappa shape index (κ3) is 2.47. The third-order valence-electron chi connectivity index (χ3n) is 2.49. The number of hydrogen-bond acceptors (Lipinski definition) is 2. The van der Waals surface area contributed by atoms with Crippen molar-refractivity contribution in [3.05, 3.63) is 22.8 Å². The highest BCUT2D eigenvalue weighted by Gasteiger charge is 2.13. The molecule has 0 aliphatic rings. The van der Waals surface area contributed by atoms with E-state index in [2.05, 4.69) is 5.32 Å².